The molecule has 2 saturated heterocycles. The van der Waals surface area contributed by atoms with E-state index in [1.807, 2.05) is 0 Å². The van der Waals surface area contributed by atoms with E-state index >= 15 is 0 Å². The van der Waals surface area contributed by atoms with Gasteiger partial charge in [0.25, 0.3) is 0 Å². The van der Waals surface area contributed by atoms with Crippen molar-refractivity contribution in [3.05, 3.63) is 17.9 Å². The average Bonchev–Trinajstić information content (AvgIpc) is 3.36. The van der Waals surface area contributed by atoms with Gasteiger partial charge in [-0.15, -0.1) is 5.73 Å². The van der Waals surface area contributed by atoms with Gasteiger partial charge in [-0.3, -0.25) is 9.59 Å². The zero-order valence-electron chi connectivity index (χ0n) is 44.3. The van der Waals surface area contributed by atoms with Crippen molar-refractivity contribution in [2.75, 3.05) is 26.4 Å². The monoisotopic (exact) mass is 1010 g/mol. The molecule has 2 rings (SSSR count). The third-order valence-corrected chi connectivity index (χ3v) is 13.8. The van der Waals surface area contributed by atoms with Crippen molar-refractivity contribution in [1.82, 2.24) is 0 Å². The molecule has 0 aliphatic carbocycles. The first kappa shape index (κ1) is 65.1. The highest BCUT2D eigenvalue weighted by atomic mass is 16.7. The topological polar surface area (TPSA) is 231 Å². The van der Waals surface area contributed by atoms with Crippen LogP contribution >= 0.6 is 0 Å². The average molecular weight is 1020 g/mol. The van der Waals surface area contributed by atoms with Crippen molar-refractivity contribution in [3.8, 4) is 0 Å². The first-order chi connectivity index (χ1) is 34.5. The van der Waals surface area contributed by atoms with Gasteiger partial charge in [0.2, 0.25) is 0 Å². The van der Waals surface area contributed by atoms with Crippen LogP contribution in [0, 0.1) is 0 Å². The Morgan fingerprint density at radius 3 is 1.30 bits per heavy atom. The summed E-state index contributed by atoms with van der Waals surface area (Å²) in [6.45, 7) is 2.59. The minimum absolute atomic E-state index is 0.148. The van der Waals surface area contributed by atoms with Crippen LogP contribution in [0.2, 0.25) is 0 Å². The lowest BCUT2D eigenvalue weighted by atomic mass is 9.98. The quantitative estimate of drug-likeness (QED) is 0.0171. The van der Waals surface area contributed by atoms with E-state index < -0.39 is 92.7 Å². The van der Waals surface area contributed by atoms with Crippen LogP contribution in [0.1, 0.15) is 232 Å². The number of rotatable bonds is 45. The molecule has 15 nitrogen and oxygen atoms in total. The molecule has 7 N–H and O–H groups in total. The summed E-state index contributed by atoms with van der Waals surface area (Å²) in [6, 6.07) is 0. The van der Waals surface area contributed by atoms with Crippen molar-refractivity contribution in [2.45, 2.75) is 300 Å². The number of aliphatic hydroxyl groups excluding tert-OH is 7. The Morgan fingerprint density at radius 2 is 0.845 bits per heavy atom. The molecule has 0 spiro atoms. The second kappa shape index (κ2) is 43.3. The van der Waals surface area contributed by atoms with Gasteiger partial charge in [-0.1, -0.05) is 181 Å². The van der Waals surface area contributed by atoms with E-state index in [1.165, 1.54) is 135 Å². The first-order valence-electron chi connectivity index (χ1n) is 28.5. The van der Waals surface area contributed by atoms with Gasteiger partial charge in [-0.2, -0.15) is 0 Å². The molecule has 416 valence electrons. The maximum atomic E-state index is 13.0. The Morgan fingerprint density at radius 1 is 0.465 bits per heavy atom. The highest BCUT2D eigenvalue weighted by Crippen LogP contribution is 2.27. The summed E-state index contributed by atoms with van der Waals surface area (Å²) < 4.78 is 33.6. The Labute approximate surface area is 428 Å². The Hall–Kier alpha value is -1.98. The smallest absolute Gasteiger partial charge is 0.306 e. The van der Waals surface area contributed by atoms with E-state index in [-0.39, 0.29) is 26.1 Å². The van der Waals surface area contributed by atoms with Gasteiger partial charge in [-0.05, 0) is 50.7 Å². The van der Waals surface area contributed by atoms with Gasteiger partial charge in [0.05, 0.1) is 19.8 Å². The SMILES string of the molecule is CCCCCCCC=C=CCCCCCCCC(=O)O[C@@H](COC(=O)CCCCCCCCCCCCCCCCCCCCCC)CO[C@@H]1O[C@H](CO[C@@H]2O[C@H](CO)[C@H](O)C(O)C2O)[C@H](O)C(O)C1O. The zero-order valence-corrected chi connectivity index (χ0v) is 44.3. The maximum absolute atomic E-state index is 13.0. The minimum Gasteiger partial charge on any atom is -0.462 e. The summed E-state index contributed by atoms with van der Waals surface area (Å²) in [5.41, 5.74) is 3.29. The number of carbonyl (C=O) groups is 2. The van der Waals surface area contributed by atoms with Crippen LogP contribution in [0.3, 0.4) is 0 Å². The molecule has 0 aromatic carbocycles. The highest BCUT2D eigenvalue weighted by Gasteiger charge is 2.47. The predicted octanol–water partition coefficient (Wildman–Crippen LogP) is 9.10. The zero-order chi connectivity index (χ0) is 51.7. The molecule has 0 saturated carbocycles. The van der Waals surface area contributed by atoms with Crippen LogP contribution in [0.5, 0.6) is 0 Å². The van der Waals surface area contributed by atoms with Crippen molar-refractivity contribution < 1.29 is 73.8 Å². The lowest BCUT2D eigenvalue weighted by molar-refractivity contribution is -0.332. The molecule has 71 heavy (non-hydrogen) atoms. The number of hydrogen-bond acceptors (Lipinski definition) is 15. The van der Waals surface area contributed by atoms with Gasteiger partial charge in [-0.25, -0.2) is 0 Å². The number of carbonyl (C=O) groups excluding carboxylic acids is 2. The Kier molecular flexibility index (Phi) is 39.7. The van der Waals surface area contributed by atoms with Crippen molar-refractivity contribution in [1.29, 1.82) is 0 Å². The standard InChI is InChI=1S/C56H102O15/c1-3-5-7-9-11-13-15-17-19-20-21-22-23-25-26-28-30-32-34-36-38-47(58)66-41-44(69-48(59)39-37-35-33-31-29-27-24-18-16-14-12-10-8-6-4-2)42-67-55-54(65)52(63)50(61)46(71-55)43-68-56-53(64)51(62)49(60)45(40-57)70-56/h16,24,44-46,49-57,60-65H,3-15,17,19-23,25-43H2,1-2H3/t18?,44-,45+,46+,49-,50-,51?,52?,53?,54?,55+,56+/m0/s1. The second-order valence-corrected chi connectivity index (χ2v) is 20.2. The molecule has 0 bridgehead atoms. The number of aliphatic hydroxyl groups is 7. The normalized spacial score (nSPS) is 24.9. The summed E-state index contributed by atoms with van der Waals surface area (Å²) in [4.78, 5) is 25.8. The summed E-state index contributed by atoms with van der Waals surface area (Å²) in [6.07, 6.45) is 25.9. The summed E-state index contributed by atoms with van der Waals surface area (Å²) in [7, 11) is 0. The first-order valence-corrected chi connectivity index (χ1v) is 28.5. The van der Waals surface area contributed by atoms with Crippen LogP contribution in [0.4, 0.5) is 0 Å². The molecule has 2 aliphatic heterocycles. The number of ether oxygens (including phenoxy) is 6. The number of esters is 2. The molecular formula is C56H102O15. The maximum Gasteiger partial charge on any atom is 0.306 e. The summed E-state index contributed by atoms with van der Waals surface area (Å²) in [5, 5.41) is 72.2. The van der Waals surface area contributed by atoms with Gasteiger partial charge in [0.1, 0.15) is 55.4 Å². The van der Waals surface area contributed by atoms with Crippen LogP contribution in [-0.4, -0.2) is 142 Å². The van der Waals surface area contributed by atoms with E-state index in [4.69, 9.17) is 28.4 Å². The third kappa shape index (κ3) is 30.9. The van der Waals surface area contributed by atoms with Gasteiger partial charge in [0, 0.05) is 12.8 Å². The molecule has 11 atom stereocenters. The van der Waals surface area contributed by atoms with E-state index in [0.717, 1.165) is 57.8 Å². The fraction of sp³-hybridized carbons (Fsp3) is 0.911. The van der Waals surface area contributed by atoms with Crippen molar-refractivity contribution in [3.63, 3.8) is 0 Å². The van der Waals surface area contributed by atoms with Crippen molar-refractivity contribution in [2.24, 2.45) is 0 Å². The fourth-order valence-corrected chi connectivity index (χ4v) is 9.08. The van der Waals surface area contributed by atoms with Crippen LogP contribution in [0.15, 0.2) is 17.9 Å². The van der Waals surface area contributed by atoms with E-state index in [1.54, 1.807) is 0 Å². The summed E-state index contributed by atoms with van der Waals surface area (Å²) >= 11 is 0. The molecule has 15 heteroatoms. The van der Waals surface area contributed by atoms with Gasteiger partial charge >= 0.3 is 11.9 Å². The molecule has 2 fully saturated rings. The fourth-order valence-electron chi connectivity index (χ4n) is 9.08. The lowest BCUT2D eigenvalue weighted by Crippen LogP contribution is -2.61. The number of unbranched alkanes of at least 4 members (excludes halogenated alkanes) is 29. The molecule has 2 aliphatic rings. The second-order valence-electron chi connectivity index (χ2n) is 20.2. The minimum atomic E-state index is -1.77. The van der Waals surface area contributed by atoms with E-state index in [2.05, 4.69) is 31.7 Å². The van der Waals surface area contributed by atoms with E-state index in [9.17, 15) is 45.3 Å². The molecule has 0 aromatic rings. The van der Waals surface area contributed by atoms with Gasteiger partial charge in [0.15, 0.2) is 18.7 Å². The predicted molar refractivity (Wildman–Crippen MR) is 274 cm³/mol. The largest absolute Gasteiger partial charge is 0.462 e. The Balaban J connectivity index is 1.76. The van der Waals surface area contributed by atoms with Crippen LogP contribution in [-0.2, 0) is 38.0 Å². The molecule has 4 unspecified atom stereocenters. The highest BCUT2D eigenvalue weighted by molar-refractivity contribution is 5.70. The number of allylic oxidation sites excluding steroid dienone is 1. The molecular weight excluding hydrogens is 913 g/mol. The van der Waals surface area contributed by atoms with Crippen LogP contribution < -0.4 is 0 Å². The third-order valence-electron chi connectivity index (χ3n) is 13.8. The Bertz CT molecular complexity index is 1340. The van der Waals surface area contributed by atoms with Gasteiger partial charge < -0.3 is 64.2 Å². The lowest BCUT2D eigenvalue weighted by Gasteiger charge is -2.42. The summed E-state index contributed by atoms with van der Waals surface area (Å²) in [5.74, 6) is -0.933. The van der Waals surface area contributed by atoms with Crippen molar-refractivity contribution >= 4 is 11.9 Å². The molecule has 0 aromatic heterocycles. The molecule has 0 radical (unpaired) electrons. The molecule has 2 heterocycles. The van der Waals surface area contributed by atoms with Crippen LogP contribution in [0.25, 0.3) is 0 Å². The molecule has 0 amide bonds. The number of hydrogen-bond donors (Lipinski definition) is 7. The van der Waals surface area contributed by atoms with E-state index in [0.29, 0.717) is 12.8 Å².